The number of epoxide rings is 1. The van der Waals surface area contributed by atoms with Gasteiger partial charge in [0, 0.05) is 31.1 Å². The van der Waals surface area contributed by atoms with Gasteiger partial charge in [-0.1, -0.05) is 159 Å². The Bertz CT molecular complexity index is 1850. The fourth-order valence-corrected chi connectivity index (χ4v) is 6.72. The molecule has 6 aromatic rings. The van der Waals surface area contributed by atoms with E-state index in [0.29, 0.717) is 25.2 Å². The largest absolute Gasteiger partial charge is 0.507 e. The first kappa shape index (κ1) is 32.4. The molecule has 1 atom stereocenters. The molecule has 0 radical (unpaired) electrons. The lowest BCUT2D eigenvalue weighted by Gasteiger charge is -2.30. The summed E-state index contributed by atoms with van der Waals surface area (Å²) in [6.45, 7) is 5.93. The third-order valence-corrected chi connectivity index (χ3v) is 9.72. The molecule has 7 rings (SSSR count). The van der Waals surface area contributed by atoms with Gasteiger partial charge in [-0.2, -0.15) is 0 Å². The van der Waals surface area contributed by atoms with Crippen LogP contribution in [0.5, 0.6) is 11.5 Å². The summed E-state index contributed by atoms with van der Waals surface area (Å²) >= 11 is 0. The number of phenols is 1. The minimum Gasteiger partial charge on any atom is -0.507 e. The third-order valence-electron chi connectivity index (χ3n) is 9.72. The summed E-state index contributed by atoms with van der Waals surface area (Å²) in [7, 11) is 0. The second-order valence-electron chi connectivity index (χ2n) is 13.8. The van der Waals surface area contributed by atoms with Crippen molar-refractivity contribution >= 4 is 0 Å². The summed E-state index contributed by atoms with van der Waals surface area (Å²) in [5.41, 5.74) is 11.1. The van der Waals surface area contributed by atoms with E-state index in [1.807, 2.05) is 12.1 Å². The first-order valence-electron chi connectivity index (χ1n) is 17.3. The standard InChI is InChI=1S/C46H44O3/c1-46(2,41-27-37(23-33-15-7-3-8-16-33)44(47)38(28-41)24-34-17-9-4-10-18-34)42-29-39(25-35-19-11-5-12-20-35)45(49-32-43-31-48-43)40(30-42)26-36-21-13-6-14-22-36/h3-22,27-30,43,47H,23-26,31-32H2,1-2H3. The van der Waals surface area contributed by atoms with E-state index >= 15 is 0 Å². The van der Waals surface area contributed by atoms with Crippen molar-refractivity contribution < 1.29 is 14.6 Å². The van der Waals surface area contributed by atoms with Crippen molar-refractivity contribution in [3.05, 3.63) is 201 Å². The molecular weight excluding hydrogens is 601 g/mol. The Hall–Kier alpha value is -5.12. The molecular formula is C46H44O3. The highest BCUT2D eigenvalue weighted by atomic mass is 16.6. The number of hydrogen-bond acceptors (Lipinski definition) is 3. The maximum absolute atomic E-state index is 11.7. The van der Waals surface area contributed by atoms with Crippen LogP contribution < -0.4 is 4.74 Å². The average Bonchev–Trinajstić information content (AvgIpc) is 3.96. The Morgan fingerprint density at radius 2 is 0.878 bits per heavy atom. The van der Waals surface area contributed by atoms with Gasteiger partial charge in [0.15, 0.2) is 0 Å². The highest BCUT2D eigenvalue weighted by Gasteiger charge is 2.30. The van der Waals surface area contributed by atoms with E-state index in [0.717, 1.165) is 36.3 Å². The van der Waals surface area contributed by atoms with Crippen LogP contribution in [0.4, 0.5) is 0 Å². The molecule has 3 nitrogen and oxygen atoms in total. The number of hydrogen-bond donors (Lipinski definition) is 1. The maximum atomic E-state index is 11.7. The lowest BCUT2D eigenvalue weighted by atomic mass is 9.74. The van der Waals surface area contributed by atoms with Gasteiger partial charge in [0.25, 0.3) is 0 Å². The minimum atomic E-state index is -0.375. The SMILES string of the molecule is CC(C)(c1cc(Cc2ccccc2)c(O)c(Cc2ccccc2)c1)c1cc(Cc2ccccc2)c(OCC2CO2)c(Cc2ccccc2)c1. The van der Waals surface area contributed by atoms with E-state index in [4.69, 9.17) is 9.47 Å². The summed E-state index contributed by atoms with van der Waals surface area (Å²) in [6.07, 6.45) is 3.01. The molecule has 0 saturated carbocycles. The zero-order chi connectivity index (χ0) is 33.6. The van der Waals surface area contributed by atoms with Crippen LogP contribution in [-0.4, -0.2) is 24.4 Å². The van der Waals surface area contributed by atoms with Crippen molar-refractivity contribution in [1.29, 1.82) is 0 Å². The quantitative estimate of drug-likeness (QED) is 0.127. The van der Waals surface area contributed by atoms with E-state index in [1.54, 1.807) is 0 Å². The van der Waals surface area contributed by atoms with Crippen molar-refractivity contribution in [3.63, 3.8) is 0 Å². The van der Waals surface area contributed by atoms with Crippen LogP contribution >= 0.6 is 0 Å². The van der Waals surface area contributed by atoms with Gasteiger partial charge in [0.2, 0.25) is 0 Å². The topological polar surface area (TPSA) is 42.0 Å². The Kier molecular flexibility index (Phi) is 9.63. The molecule has 0 aromatic heterocycles. The van der Waals surface area contributed by atoms with E-state index in [1.165, 1.54) is 44.5 Å². The van der Waals surface area contributed by atoms with E-state index in [-0.39, 0.29) is 11.5 Å². The molecule has 3 heteroatoms. The highest BCUT2D eigenvalue weighted by molar-refractivity contribution is 5.55. The molecule has 1 N–H and O–H groups in total. The van der Waals surface area contributed by atoms with Gasteiger partial charge >= 0.3 is 0 Å². The second-order valence-corrected chi connectivity index (χ2v) is 13.8. The van der Waals surface area contributed by atoms with E-state index in [2.05, 4.69) is 147 Å². The van der Waals surface area contributed by atoms with Gasteiger partial charge in [-0.05, 0) is 55.6 Å². The van der Waals surface area contributed by atoms with Gasteiger partial charge in [0.1, 0.15) is 24.2 Å². The predicted molar refractivity (Wildman–Crippen MR) is 199 cm³/mol. The van der Waals surface area contributed by atoms with Crippen LogP contribution in [0.3, 0.4) is 0 Å². The zero-order valence-corrected chi connectivity index (χ0v) is 28.4. The summed E-state index contributed by atoms with van der Waals surface area (Å²) in [5, 5.41) is 11.7. The monoisotopic (exact) mass is 644 g/mol. The molecule has 1 aliphatic rings. The highest BCUT2D eigenvalue weighted by Crippen LogP contribution is 2.41. The maximum Gasteiger partial charge on any atom is 0.126 e. The fraction of sp³-hybridized carbons (Fsp3) is 0.217. The zero-order valence-electron chi connectivity index (χ0n) is 28.4. The Labute approximate surface area is 290 Å². The molecule has 0 bridgehead atoms. The fourth-order valence-electron chi connectivity index (χ4n) is 6.72. The summed E-state index contributed by atoms with van der Waals surface area (Å²) in [6, 6.07) is 51.3. The number of benzene rings is 6. The smallest absolute Gasteiger partial charge is 0.126 e. The Morgan fingerprint density at radius 3 is 1.22 bits per heavy atom. The Morgan fingerprint density at radius 1 is 0.551 bits per heavy atom. The van der Waals surface area contributed by atoms with Crippen LogP contribution in [0.2, 0.25) is 0 Å². The molecule has 0 amide bonds. The molecule has 1 saturated heterocycles. The Balaban J connectivity index is 1.36. The van der Waals surface area contributed by atoms with Crippen molar-refractivity contribution in [1.82, 2.24) is 0 Å². The number of ether oxygens (including phenoxy) is 2. The number of rotatable bonds is 13. The normalized spacial score (nSPS) is 14.0. The van der Waals surface area contributed by atoms with Crippen LogP contribution in [0, 0.1) is 0 Å². The lowest BCUT2D eigenvalue weighted by molar-refractivity contribution is 0.259. The van der Waals surface area contributed by atoms with Gasteiger partial charge in [-0.3, -0.25) is 0 Å². The van der Waals surface area contributed by atoms with Crippen molar-refractivity contribution in [3.8, 4) is 11.5 Å². The number of aromatic hydroxyl groups is 1. The van der Waals surface area contributed by atoms with Crippen LogP contribution in [0.25, 0.3) is 0 Å². The first-order chi connectivity index (χ1) is 23.9. The van der Waals surface area contributed by atoms with Crippen LogP contribution in [0.1, 0.15) is 69.5 Å². The van der Waals surface area contributed by atoms with E-state index < -0.39 is 0 Å². The summed E-state index contributed by atoms with van der Waals surface area (Å²) in [4.78, 5) is 0. The van der Waals surface area contributed by atoms with Gasteiger partial charge in [-0.25, -0.2) is 0 Å². The van der Waals surface area contributed by atoms with Crippen molar-refractivity contribution in [2.24, 2.45) is 0 Å². The molecule has 246 valence electrons. The molecule has 1 aliphatic heterocycles. The molecule has 0 aliphatic carbocycles. The second kappa shape index (κ2) is 14.6. The molecule has 6 aromatic carbocycles. The average molecular weight is 645 g/mol. The van der Waals surface area contributed by atoms with Gasteiger partial charge < -0.3 is 14.6 Å². The first-order valence-corrected chi connectivity index (χ1v) is 17.3. The van der Waals surface area contributed by atoms with Gasteiger partial charge in [0.05, 0.1) is 6.61 Å². The minimum absolute atomic E-state index is 0.160. The van der Waals surface area contributed by atoms with Gasteiger partial charge in [-0.15, -0.1) is 0 Å². The molecule has 1 heterocycles. The van der Waals surface area contributed by atoms with Crippen molar-refractivity contribution in [2.45, 2.75) is 51.0 Å². The molecule has 1 unspecified atom stereocenters. The number of phenolic OH excluding ortho intramolecular Hbond substituents is 1. The summed E-state index contributed by atoms with van der Waals surface area (Å²) in [5.74, 6) is 1.34. The van der Waals surface area contributed by atoms with Crippen molar-refractivity contribution in [2.75, 3.05) is 13.2 Å². The molecule has 1 fully saturated rings. The van der Waals surface area contributed by atoms with E-state index in [9.17, 15) is 5.11 Å². The van der Waals surface area contributed by atoms with Crippen LogP contribution in [-0.2, 0) is 35.8 Å². The third kappa shape index (κ3) is 7.96. The lowest BCUT2D eigenvalue weighted by Crippen LogP contribution is -2.21. The molecule has 0 spiro atoms. The van der Waals surface area contributed by atoms with Crippen LogP contribution in [0.15, 0.2) is 146 Å². The predicted octanol–water partition coefficient (Wildman–Crippen LogP) is 9.86. The summed E-state index contributed by atoms with van der Waals surface area (Å²) < 4.78 is 12.2. The molecule has 49 heavy (non-hydrogen) atoms.